The van der Waals surface area contributed by atoms with E-state index in [1.165, 1.54) is 12.1 Å². The first-order valence-electron chi connectivity index (χ1n) is 7.28. The highest BCUT2D eigenvalue weighted by molar-refractivity contribution is 5.82. The third-order valence-electron chi connectivity index (χ3n) is 3.56. The van der Waals surface area contributed by atoms with Crippen LogP contribution < -0.4 is 5.73 Å². The summed E-state index contributed by atoms with van der Waals surface area (Å²) in [6.07, 6.45) is 2.73. The number of carbonyl (C=O) groups excluding carboxylic acids is 1. The van der Waals surface area contributed by atoms with Gasteiger partial charge in [0.05, 0.1) is 6.04 Å². The molecule has 0 spiro atoms. The largest absolute Gasteiger partial charge is 0.334 e. The van der Waals surface area contributed by atoms with Crippen LogP contribution in [0.4, 0.5) is 4.39 Å². The van der Waals surface area contributed by atoms with Crippen molar-refractivity contribution in [3.05, 3.63) is 35.6 Å². The van der Waals surface area contributed by atoms with Gasteiger partial charge in [0.25, 0.3) is 0 Å². The number of halogens is 1. The van der Waals surface area contributed by atoms with E-state index in [0.717, 1.165) is 18.4 Å². The van der Waals surface area contributed by atoms with Crippen molar-refractivity contribution in [1.29, 1.82) is 0 Å². The van der Waals surface area contributed by atoms with Crippen LogP contribution in [0.5, 0.6) is 0 Å². The zero-order chi connectivity index (χ0) is 14.7. The van der Waals surface area contributed by atoms with Crippen LogP contribution in [0.2, 0.25) is 0 Å². The molecule has 1 atom stereocenters. The smallest absolute Gasteiger partial charge is 0.240 e. The molecule has 110 valence electrons. The molecule has 1 saturated carbocycles. The Morgan fingerprint density at radius 2 is 2.15 bits per heavy atom. The summed E-state index contributed by atoms with van der Waals surface area (Å²) in [6, 6.07) is 6.25. The molecule has 0 radical (unpaired) electrons. The van der Waals surface area contributed by atoms with E-state index in [2.05, 4.69) is 13.8 Å². The highest BCUT2D eigenvalue weighted by atomic mass is 19.1. The zero-order valence-electron chi connectivity index (χ0n) is 12.2. The number of amides is 1. The topological polar surface area (TPSA) is 46.3 Å². The predicted molar refractivity (Wildman–Crippen MR) is 77.4 cm³/mol. The molecule has 1 fully saturated rings. The van der Waals surface area contributed by atoms with Gasteiger partial charge in [-0.3, -0.25) is 4.79 Å². The van der Waals surface area contributed by atoms with Crippen LogP contribution in [-0.4, -0.2) is 22.9 Å². The van der Waals surface area contributed by atoms with E-state index in [4.69, 9.17) is 5.73 Å². The van der Waals surface area contributed by atoms with E-state index in [9.17, 15) is 9.18 Å². The van der Waals surface area contributed by atoms with Crippen molar-refractivity contribution in [3.63, 3.8) is 0 Å². The van der Waals surface area contributed by atoms with Crippen molar-refractivity contribution >= 4 is 5.91 Å². The standard InChI is InChI=1S/C16H23FN2O/c1-11(2)8-15(18)16(20)19(14-6-7-14)10-12-4-3-5-13(17)9-12/h3-5,9,11,14-15H,6-8,10,18H2,1-2H3/t15-/m0/s1. The van der Waals surface area contributed by atoms with E-state index in [-0.39, 0.29) is 17.8 Å². The Morgan fingerprint density at radius 3 is 2.70 bits per heavy atom. The molecule has 0 aliphatic heterocycles. The quantitative estimate of drug-likeness (QED) is 0.869. The summed E-state index contributed by atoms with van der Waals surface area (Å²) < 4.78 is 13.2. The summed E-state index contributed by atoms with van der Waals surface area (Å²) in [5.74, 6) is 0.117. The van der Waals surface area contributed by atoms with Crippen molar-refractivity contribution in [3.8, 4) is 0 Å². The molecule has 2 N–H and O–H groups in total. The third-order valence-corrected chi connectivity index (χ3v) is 3.56. The maximum Gasteiger partial charge on any atom is 0.240 e. The van der Waals surface area contributed by atoms with E-state index < -0.39 is 6.04 Å². The Balaban J connectivity index is 2.05. The fourth-order valence-corrected chi connectivity index (χ4v) is 2.43. The second kappa shape index (κ2) is 6.35. The lowest BCUT2D eigenvalue weighted by Gasteiger charge is -2.26. The monoisotopic (exact) mass is 278 g/mol. The molecule has 1 aromatic rings. The first-order chi connectivity index (χ1) is 9.47. The maximum atomic E-state index is 13.2. The van der Waals surface area contributed by atoms with Crippen LogP contribution in [-0.2, 0) is 11.3 Å². The lowest BCUT2D eigenvalue weighted by Crippen LogP contribution is -2.45. The van der Waals surface area contributed by atoms with E-state index in [1.54, 1.807) is 6.07 Å². The van der Waals surface area contributed by atoms with Gasteiger partial charge in [0.1, 0.15) is 5.82 Å². The molecule has 1 amide bonds. The molecular formula is C16H23FN2O. The van der Waals surface area contributed by atoms with Crippen molar-refractivity contribution in [2.75, 3.05) is 0 Å². The molecule has 1 aliphatic carbocycles. The summed E-state index contributed by atoms with van der Waals surface area (Å²) >= 11 is 0. The molecule has 2 rings (SSSR count). The molecule has 3 nitrogen and oxygen atoms in total. The molecule has 0 unspecified atom stereocenters. The summed E-state index contributed by atoms with van der Waals surface area (Å²) in [7, 11) is 0. The van der Waals surface area contributed by atoms with E-state index in [0.29, 0.717) is 18.9 Å². The van der Waals surface area contributed by atoms with E-state index >= 15 is 0 Å². The second-order valence-corrected chi connectivity index (χ2v) is 6.06. The van der Waals surface area contributed by atoms with Gasteiger partial charge in [0.15, 0.2) is 0 Å². The second-order valence-electron chi connectivity index (χ2n) is 6.06. The third kappa shape index (κ3) is 4.04. The molecule has 1 aromatic carbocycles. The SMILES string of the molecule is CC(C)C[C@H](N)C(=O)N(Cc1cccc(F)c1)C1CC1. The minimum atomic E-state index is -0.454. The average molecular weight is 278 g/mol. The average Bonchev–Trinajstić information content (AvgIpc) is 3.18. The fourth-order valence-electron chi connectivity index (χ4n) is 2.43. The van der Waals surface area contributed by atoms with Crippen molar-refractivity contribution in [1.82, 2.24) is 4.90 Å². The number of nitrogens with two attached hydrogens (primary N) is 1. The van der Waals surface area contributed by atoms with Crippen LogP contribution in [0.1, 0.15) is 38.7 Å². The van der Waals surface area contributed by atoms with Gasteiger partial charge in [-0.25, -0.2) is 4.39 Å². The highest BCUT2D eigenvalue weighted by Gasteiger charge is 2.34. The van der Waals surface area contributed by atoms with Crippen LogP contribution >= 0.6 is 0 Å². The van der Waals surface area contributed by atoms with Crippen LogP contribution in [0.15, 0.2) is 24.3 Å². The van der Waals surface area contributed by atoms with Crippen molar-refractivity contribution in [2.24, 2.45) is 11.7 Å². The van der Waals surface area contributed by atoms with Gasteiger partial charge in [-0.05, 0) is 42.9 Å². The molecule has 0 heterocycles. The molecule has 0 aromatic heterocycles. The predicted octanol–water partition coefficient (Wildman–Crippen LogP) is 2.69. The number of rotatable bonds is 6. The highest BCUT2D eigenvalue weighted by Crippen LogP contribution is 2.29. The summed E-state index contributed by atoms with van der Waals surface area (Å²) in [6.45, 7) is 4.56. The minimum Gasteiger partial charge on any atom is -0.334 e. The van der Waals surface area contributed by atoms with Crippen molar-refractivity contribution in [2.45, 2.75) is 51.7 Å². The zero-order valence-corrected chi connectivity index (χ0v) is 12.2. The van der Waals surface area contributed by atoms with Gasteiger partial charge in [-0.1, -0.05) is 26.0 Å². The number of nitrogens with zero attached hydrogens (tertiary/aromatic N) is 1. The molecule has 20 heavy (non-hydrogen) atoms. The molecule has 0 saturated heterocycles. The van der Waals surface area contributed by atoms with Crippen LogP contribution in [0.25, 0.3) is 0 Å². The lowest BCUT2D eigenvalue weighted by molar-refractivity contribution is -0.134. The lowest BCUT2D eigenvalue weighted by atomic mass is 10.0. The maximum absolute atomic E-state index is 13.2. The Kier molecular flexibility index (Phi) is 4.76. The normalized spacial score (nSPS) is 16.2. The number of carbonyl (C=O) groups is 1. The van der Waals surface area contributed by atoms with Gasteiger partial charge < -0.3 is 10.6 Å². The Bertz CT molecular complexity index is 471. The van der Waals surface area contributed by atoms with Gasteiger partial charge in [-0.2, -0.15) is 0 Å². The van der Waals surface area contributed by atoms with E-state index in [1.807, 2.05) is 11.0 Å². The molecule has 0 bridgehead atoms. The first kappa shape index (κ1) is 15.0. The first-order valence-corrected chi connectivity index (χ1v) is 7.28. The van der Waals surface area contributed by atoms with Crippen LogP contribution in [0, 0.1) is 11.7 Å². The molecular weight excluding hydrogens is 255 g/mol. The Hall–Kier alpha value is -1.42. The number of benzene rings is 1. The Morgan fingerprint density at radius 1 is 1.45 bits per heavy atom. The summed E-state index contributed by atoms with van der Waals surface area (Å²) in [5.41, 5.74) is 6.82. The fraction of sp³-hybridized carbons (Fsp3) is 0.562. The van der Waals surface area contributed by atoms with Gasteiger partial charge in [-0.15, -0.1) is 0 Å². The van der Waals surface area contributed by atoms with Crippen molar-refractivity contribution < 1.29 is 9.18 Å². The Labute approximate surface area is 120 Å². The summed E-state index contributed by atoms with van der Waals surface area (Å²) in [4.78, 5) is 14.3. The summed E-state index contributed by atoms with van der Waals surface area (Å²) in [5, 5.41) is 0. The molecule has 4 heteroatoms. The molecule has 1 aliphatic rings. The van der Waals surface area contributed by atoms with Gasteiger partial charge in [0.2, 0.25) is 5.91 Å². The van der Waals surface area contributed by atoms with Gasteiger partial charge >= 0.3 is 0 Å². The number of hydrogen-bond acceptors (Lipinski definition) is 2. The minimum absolute atomic E-state index is 0.00883. The number of hydrogen-bond donors (Lipinski definition) is 1. The van der Waals surface area contributed by atoms with Crippen LogP contribution in [0.3, 0.4) is 0 Å². The van der Waals surface area contributed by atoms with Gasteiger partial charge in [0, 0.05) is 12.6 Å².